The van der Waals surface area contributed by atoms with Gasteiger partial charge in [0.1, 0.15) is 0 Å². The van der Waals surface area contributed by atoms with Crippen molar-refractivity contribution in [2.45, 2.75) is 6.54 Å². The predicted molar refractivity (Wildman–Crippen MR) is 95.9 cm³/mol. The highest BCUT2D eigenvalue weighted by atomic mass is 127. The second-order valence-electron chi connectivity index (χ2n) is 4.65. The summed E-state index contributed by atoms with van der Waals surface area (Å²) in [4.78, 5) is 0. The zero-order valence-electron chi connectivity index (χ0n) is 10.9. The van der Waals surface area contributed by atoms with Crippen LogP contribution in [0, 0.1) is 3.57 Å². The quantitative estimate of drug-likeness (QED) is 0.503. The number of hydrogen-bond donors (Lipinski definition) is 0. The summed E-state index contributed by atoms with van der Waals surface area (Å²) in [6.45, 7) is 0.667. The summed E-state index contributed by atoms with van der Waals surface area (Å²) >= 11 is 14.3. The van der Waals surface area contributed by atoms with Gasteiger partial charge in [-0.05, 0) is 51.9 Å². The van der Waals surface area contributed by atoms with Crippen molar-refractivity contribution in [1.29, 1.82) is 0 Å². The second-order valence-corrected chi connectivity index (χ2v) is 6.63. The van der Waals surface area contributed by atoms with E-state index in [1.165, 1.54) is 9.13 Å². The summed E-state index contributed by atoms with van der Waals surface area (Å²) in [6, 6.07) is 13.9. The maximum Gasteiger partial charge on any atom is 0.0660 e. The minimum atomic E-state index is 0.569. The molecule has 2 aromatic carbocycles. The number of hydrogen-bond acceptors (Lipinski definition) is 1. The minimum Gasteiger partial charge on any atom is -0.268 e. The van der Waals surface area contributed by atoms with Gasteiger partial charge in [-0.2, -0.15) is 5.10 Å². The summed E-state index contributed by atoms with van der Waals surface area (Å²) in [5.74, 6) is 0. The molecule has 1 aromatic heterocycles. The SMILES string of the molecule is Clc1ccc(Cn2cc(-c3ccccc3I)cn2)cc1Cl. The highest BCUT2D eigenvalue weighted by Gasteiger charge is 2.06. The van der Waals surface area contributed by atoms with Gasteiger partial charge < -0.3 is 0 Å². The zero-order chi connectivity index (χ0) is 14.8. The van der Waals surface area contributed by atoms with E-state index < -0.39 is 0 Å². The molecule has 0 spiro atoms. The van der Waals surface area contributed by atoms with E-state index in [4.69, 9.17) is 23.2 Å². The first kappa shape index (κ1) is 14.9. The topological polar surface area (TPSA) is 17.8 Å². The Kier molecular flexibility index (Phi) is 4.52. The van der Waals surface area contributed by atoms with E-state index in [-0.39, 0.29) is 0 Å². The molecule has 0 saturated carbocycles. The Morgan fingerprint density at radius 2 is 1.86 bits per heavy atom. The van der Waals surface area contributed by atoms with Gasteiger partial charge in [0.05, 0.1) is 22.8 Å². The fourth-order valence-electron chi connectivity index (χ4n) is 2.11. The maximum atomic E-state index is 6.04. The van der Waals surface area contributed by atoms with Crippen molar-refractivity contribution in [3.8, 4) is 11.1 Å². The largest absolute Gasteiger partial charge is 0.268 e. The van der Waals surface area contributed by atoms with E-state index in [1.807, 2.05) is 47.4 Å². The summed E-state index contributed by atoms with van der Waals surface area (Å²) in [6.07, 6.45) is 3.93. The Balaban J connectivity index is 1.85. The average Bonchev–Trinajstić information content (AvgIpc) is 2.92. The highest BCUT2D eigenvalue weighted by molar-refractivity contribution is 14.1. The van der Waals surface area contributed by atoms with Crippen LogP contribution in [0.25, 0.3) is 11.1 Å². The van der Waals surface area contributed by atoms with Crippen LogP contribution >= 0.6 is 45.8 Å². The molecule has 0 fully saturated rings. The molecule has 5 heteroatoms. The smallest absolute Gasteiger partial charge is 0.0660 e. The number of halogens is 3. The lowest BCUT2D eigenvalue weighted by atomic mass is 10.1. The molecule has 0 amide bonds. The van der Waals surface area contributed by atoms with Gasteiger partial charge in [0.15, 0.2) is 0 Å². The van der Waals surface area contributed by atoms with Crippen LogP contribution < -0.4 is 0 Å². The lowest BCUT2D eigenvalue weighted by Crippen LogP contribution is -1.99. The van der Waals surface area contributed by atoms with Gasteiger partial charge in [-0.3, -0.25) is 4.68 Å². The van der Waals surface area contributed by atoms with Crippen LogP contribution in [0.1, 0.15) is 5.56 Å². The molecular weight excluding hydrogens is 418 g/mol. The number of benzene rings is 2. The first-order valence-corrected chi connectivity index (χ1v) is 8.18. The molecule has 0 N–H and O–H groups in total. The van der Waals surface area contributed by atoms with Crippen LogP contribution in [-0.2, 0) is 6.54 Å². The van der Waals surface area contributed by atoms with Crippen LogP contribution in [0.15, 0.2) is 54.9 Å². The molecule has 0 aliphatic rings. The van der Waals surface area contributed by atoms with Crippen molar-refractivity contribution in [3.05, 3.63) is 74.0 Å². The standard InChI is InChI=1S/C16H11Cl2IN2/c17-14-6-5-11(7-15(14)18)9-21-10-12(8-20-21)13-3-1-2-4-16(13)19/h1-8,10H,9H2. The summed E-state index contributed by atoms with van der Waals surface area (Å²) in [5, 5.41) is 5.56. The van der Waals surface area contributed by atoms with Gasteiger partial charge in [0.2, 0.25) is 0 Å². The molecule has 21 heavy (non-hydrogen) atoms. The third-order valence-corrected chi connectivity index (χ3v) is 4.83. The first-order valence-electron chi connectivity index (χ1n) is 6.35. The van der Waals surface area contributed by atoms with Gasteiger partial charge in [0.25, 0.3) is 0 Å². The fourth-order valence-corrected chi connectivity index (χ4v) is 3.13. The van der Waals surface area contributed by atoms with E-state index in [9.17, 15) is 0 Å². The fraction of sp³-hybridized carbons (Fsp3) is 0.0625. The van der Waals surface area contributed by atoms with E-state index >= 15 is 0 Å². The normalized spacial score (nSPS) is 10.8. The molecule has 1 heterocycles. The van der Waals surface area contributed by atoms with Crippen LogP contribution in [-0.4, -0.2) is 9.78 Å². The van der Waals surface area contributed by atoms with Gasteiger partial charge in [-0.15, -0.1) is 0 Å². The van der Waals surface area contributed by atoms with E-state index in [0.29, 0.717) is 16.6 Å². The Morgan fingerprint density at radius 1 is 1.05 bits per heavy atom. The lowest BCUT2D eigenvalue weighted by Gasteiger charge is -2.04. The number of nitrogens with zero attached hydrogens (tertiary/aromatic N) is 2. The summed E-state index contributed by atoms with van der Waals surface area (Å²) in [7, 11) is 0. The van der Waals surface area contributed by atoms with E-state index in [0.717, 1.165) is 11.1 Å². The van der Waals surface area contributed by atoms with Crippen molar-refractivity contribution < 1.29 is 0 Å². The molecular formula is C16H11Cl2IN2. The van der Waals surface area contributed by atoms with Crippen molar-refractivity contribution in [3.63, 3.8) is 0 Å². The molecule has 0 aliphatic carbocycles. The molecule has 0 bridgehead atoms. The minimum absolute atomic E-state index is 0.569. The third kappa shape index (κ3) is 3.42. The van der Waals surface area contributed by atoms with Crippen molar-refractivity contribution in [1.82, 2.24) is 9.78 Å². The molecule has 0 saturated heterocycles. The predicted octanol–water partition coefficient (Wildman–Crippen LogP) is 5.51. The Morgan fingerprint density at radius 3 is 2.62 bits per heavy atom. The molecule has 0 radical (unpaired) electrons. The Bertz CT molecular complexity index is 783. The van der Waals surface area contributed by atoms with E-state index in [2.05, 4.69) is 39.8 Å². The van der Waals surface area contributed by atoms with Crippen LogP contribution in [0.4, 0.5) is 0 Å². The molecule has 3 rings (SSSR count). The van der Waals surface area contributed by atoms with Gasteiger partial charge in [-0.25, -0.2) is 0 Å². The molecule has 0 unspecified atom stereocenters. The average molecular weight is 429 g/mol. The van der Waals surface area contributed by atoms with Crippen molar-refractivity contribution in [2.24, 2.45) is 0 Å². The third-order valence-electron chi connectivity index (χ3n) is 3.15. The maximum absolute atomic E-state index is 6.04. The van der Waals surface area contributed by atoms with Gasteiger partial charge >= 0.3 is 0 Å². The zero-order valence-corrected chi connectivity index (χ0v) is 14.6. The second kappa shape index (κ2) is 6.38. The molecule has 3 aromatic rings. The monoisotopic (exact) mass is 428 g/mol. The van der Waals surface area contributed by atoms with Gasteiger partial charge in [-0.1, -0.05) is 47.5 Å². The van der Waals surface area contributed by atoms with Crippen LogP contribution in [0.3, 0.4) is 0 Å². The summed E-state index contributed by atoms with van der Waals surface area (Å²) in [5.41, 5.74) is 3.38. The molecule has 0 atom stereocenters. The van der Waals surface area contributed by atoms with Crippen LogP contribution in [0.2, 0.25) is 10.0 Å². The molecule has 2 nitrogen and oxygen atoms in total. The van der Waals surface area contributed by atoms with Crippen molar-refractivity contribution >= 4 is 45.8 Å². The lowest BCUT2D eigenvalue weighted by molar-refractivity contribution is 0.687. The Labute approximate surface area is 146 Å². The van der Waals surface area contributed by atoms with E-state index in [1.54, 1.807) is 0 Å². The summed E-state index contributed by atoms with van der Waals surface area (Å²) < 4.78 is 3.11. The Hall–Kier alpha value is -1.04. The number of rotatable bonds is 3. The van der Waals surface area contributed by atoms with Crippen LogP contribution in [0.5, 0.6) is 0 Å². The number of aromatic nitrogens is 2. The highest BCUT2D eigenvalue weighted by Crippen LogP contribution is 2.25. The molecule has 106 valence electrons. The molecule has 0 aliphatic heterocycles. The van der Waals surface area contributed by atoms with Gasteiger partial charge in [0, 0.05) is 15.3 Å². The first-order chi connectivity index (χ1) is 10.1. The van der Waals surface area contributed by atoms with Crippen molar-refractivity contribution in [2.75, 3.05) is 0 Å².